The molecule has 1 fully saturated rings. The van der Waals surface area contributed by atoms with Crippen molar-refractivity contribution in [2.24, 2.45) is 0 Å². The van der Waals surface area contributed by atoms with Crippen molar-refractivity contribution in [2.45, 2.75) is 26.8 Å². The van der Waals surface area contributed by atoms with E-state index in [1.165, 1.54) is 21.7 Å². The highest BCUT2D eigenvalue weighted by Crippen LogP contribution is 2.22. The quantitative estimate of drug-likeness (QED) is 0.828. The molecule has 0 spiro atoms. The number of halogens is 1. The first-order chi connectivity index (χ1) is 12.9. The molecule has 2 aromatic rings. The summed E-state index contributed by atoms with van der Waals surface area (Å²) in [5.74, 6) is 0.104. The average Bonchev–Trinajstić information content (AvgIpc) is 2.65. The number of hydrogen-bond acceptors (Lipinski definition) is 2. The molecule has 0 saturated carbocycles. The second-order valence-corrected chi connectivity index (χ2v) is 7.91. The number of anilines is 1. The molecule has 1 aliphatic heterocycles. The van der Waals surface area contributed by atoms with Gasteiger partial charge in [-0.05, 0) is 55.7 Å². The van der Waals surface area contributed by atoms with Crippen LogP contribution >= 0.6 is 11.6 Å². The Morgan fingerprint density at radius 3 is 2.48 bits per heavy atom. The number of rotatable bonds is 5. The molecule has 144 valence electrons. The van der Waals surface area contributed by atoms with Crippen molar-refractivity contribution in [2.75, 3.05) is 37.6 Å². The standard InChI is InChI=1S/C22H28ClN3O/c1-16-5-4-6-21(17(16)2)26-13-11-25(12-14-26)15-22(27)24-18(3)19-7-9-20(23)10-8-19/h4-10,18H,11-15H2,1-3H3,(H,24,27)/p+1/t18-/m0/s1. The molecule has 2 aromatic carbocycles. The summed E-state index contributed by atoms with van der Waals surface area (Å²) in [5.41, 5.74) is 5.09. The van der Waals surface area contributed by atoms with Gasteiger partial charge in [-0.15, -0.1) is 0 Å². The number of amides is 1. The lowest BCUT2D eigenvalue weighted by Gasteiger charge is -2.34. The maximum Gasteiger partial charge on any atom is 0.275 e. The van der Waals surface area contributed by atoms with E-state index in [9.17, 15) is 4.79 Å². The van der Waals surface area contributed by atoms with E-state index in [4.69, 9.17) is 11.6 Å². The molecular formula is C22H29ClN3O+. The van der Waals surface area contributed by atoms with E-state index < -0.39 is 0 Å². The monoisotopic (exact) mass is 386 g/mol. The first-order valence-corrected chi connectivity index (χ1v) is 10.0. The second-order valence-electron chi connectivity index (χ2n) is 7.47. The predicted molar refractivity (Wildman–Crippen MR) is 112 cm³/mol. The Morgan fingerprint density at radius 1 is 1.15 bits per heavy atom. The molecule has 0 bridgehead atoms. The van der Waals surface area contributed by atoms with Crippen molar-refractivity contribution >= 4 is 23.2 Å². The summed E-state index contributed by atoms with van der Waals surface area (Å²) in [5, 5.41) is 3.82. The third-order valence-corrected chi connectivity index (χ3v) is 5.80. The number of aryl methyl sites for hydroxylation is 1. The van der Waals surface area contributed by atoms with Gasteiger partial charge in [0.15, 0.2) is 6.54 Å². The van der Waals surface area contributed by atoms with Crippen LogP contribution < -0.4 is 15.1 Å². The largest absolute Gasteiger partial charge is 0.360 e. The van der Waals surface area contributed by atoms with Crippen molar-refractivity contribution in [3.63, 3.8) is 0 Å². The molecule has 0 aromatic heterocycles. The Morgan fingerprint density at radius 2 is 1.81 bits per heavy atom. The number of nitrogens with one attached hydrogen (secondary N) is 2. The van der Waals surface area contributed by atoms with Crippen molar-refractivity contribution in [3.8, 4) is 0 Å². The van der Waals surface area contributed by atoms with E-state index in [1.54, 1.807) is 0 Å². The number of carbonyl (C=O) groups is 1. The van der Waals surface area contributed by atoms with Crippen molar-refractivity contribution in [1.82, 2.24) is 5.32 Å². The highest BCUT2D eigenvalue weighted by Gasteiger charge is 2.24. The highest BCUT2D eigenvalue weighted by atomic mass is 35.5. The van der Waals surface area contributed by atoms with Crippen LogP contribution in [-0.4, -0.2) is 38.6 Å². The third-order valence-electron chi connectivity index (χ3n) is 5.55. The first kappa shape index (κ1) is 19.7. The summed E-state index contributed by atoms with van der Waals surface area (Å²) in [6, 6.07) is 14.1. The van der Waals surface area contributed by atoms with Crippen molar-refractivity contribution in [1.29, 1.82) is 0 Å². The van der Waals surface area contributed by atoms with Gasteiger partial charge in [0.1, 0.15) is 0 Å². The van der Waals surface area contributed by atoms with Gasteiger partial charge in [-0.3, -0.25) is 4.79 Å². The molecule has 1 saturated heterocycles. The summed E-state index contributed by atoms with van der Waals surface area (Å²) >= 11 is 5.93. The fourth-order valence-corrected chi connectivity index (χ4v) is 3.80. The Kier molecular flexibility index (Phi) is 6.40. The van der Waals surface area contributed by atoms with Gasteiger partial charge in [0.25, 0.3) is 5.91 Å². The number of piperazine rings is 1. The topological polar surface area (TPSA) is 36.8 Å². The summed E-state index contributed by atoms with van der Waals surface area (Å²) in [7, 11) is 0. The van der Waals surface area contributed by atoms with Crippen LogP contribution in [0.2, 0.25) is 5.02 Å². The maximum absolute atomic E-state index is 12.4. The van der Waals surface area contributed by atoms with E-state index in [1.807, 2.05) is 31.2 Å². The minimum Gasteiger partial charge on any atom is -0.360 e. The normalized spacial score (nSPS) is 16.2. The van der Waals surface area contributed by atoms with Crippen LogP contribution in [0.15, 0.2) is 42.5 Å². The molecule has 0 aliphatic carbocycles. The number of hydrogen-bond donors (Lipinski definition) is 2. The fraction of sp³-hybridized carbons (Fsp3) is 0.409. The van der Waals surface area contributed by atoms with E-state index in [-0.39, 0.29) is 11.9 Å². The third kappa shape index (κ3) is 5.02. The summed E-state index contributed by atoms with van der Waals surface area (Å²) in [4.78, 5) is 16.2. The van der Waals surface area contributed by atoms with Gasteiger partial charge in [0.2, 0.25) is 0 Å². The molecule has 0 unspecified atom stereocenters. The van der Waals surface area contributed by atoms with Crippen LogP contribution in [0.25, 0.3) is 0 Å². The smallest absolute Gasteiger partial charge is 0.275 e. The van der Waals surface area contributed by atoms with Crippen LogP contribution in [-0.2, 0) is 4.79 Å². The molecule has 4 nitrogen and oxygen atoms in total. The number of carbonyl (C=O) groups excluding carboxylic acids is 1. The molecule has 3 rings (SSSR count). The summed E-state index contributed by atoms with van der Waals surface area (Å²) in [6.07, 6.45) is 0. The predicted octanol–water partition coefficient (Wildman–Crippen LogP) is 2.54. The second kappa shape index (κ2) is 8.77. The highest BCUT2D eigenvalue weighted by molar-refractivity contribution is 6.30. The molecule has 1 aliphatic rings. The lowest BCUT2D eigenvalue weighted by atomic mass is 10.1. The van der Waals surface area contributed by atoms with E-state index in [0.29, 0.717) is 11.6 Å². The van der Waals surface area contributed by atoms with Gasteiger partial charge in [-0.25, -0.2) is 0 Å². The zero-order valence-electron chi connectivity index (χ0n) is 16.4. The Hall–Kier alpha value is -2.04. The lowest BCUT2D eigenvalue weighted by molar-refractivity contribution is -0.892. The Labute approximate surface area is 167 Å². The molecule has 2 N–H and O–H groups in total. The number of nitrogens with zero attached hydrogens (tertiary/aromatic N) is 1. The van der Waals surface area contributed by atoms with Gasteiger partial charge in [-0.2, -0.15) is 0 Å². The molecular weight excluding hydrogens is 358 g/mol. The maximum atomic E-state index is 12.4. The van der Waals surface area contributed by atoms with E-state index >= 15 is 0 Å². The van der Waals surface area contributed by atoms with Crippen LogP contribution in [0.1, 0.15) is 29.7 Å². The molecule has 0 radical (unpaired) electrons. The number of quaternary nitrogens is 1. The SMILES string of the molecule is Cc1cccc(N2CC[NH+](CC(=O)N[C@@H](C)c3ccc(Cl)cc3)CC2)c1C. The molecule has 1 amide bonds. The fourth-order valence-electron chi connectivity index (χ4n) is 3.67. The van der Waals surface area contributed by atoms with Gasteiger partial charge in [0, 0.05) is 10.7 Å². The van der Waals surface area contributed by atoms with Crippen LogP contribution in [0.3, 0.4) is 0 Å². The lowest BCUT2D eigenvalue weighted by Crippen LogP contribution is -3.16. The molecule has 1 heterocycles. The molecule has 27 heavy (non-hydrogen) atoms. The van der Waals surface area contributed by atoms with Gasteiger partial charge in [0.05, 0.1) is 32.2 Å². The van der Waals surface area contributed by atoms with Gasteiger partial charge < -0.3 is 15.1 Å². The average molecular weight is 387 g/mol. The minimum absolute atomic E-state index is 0.00889. The van der Waals surface area contributed by atoms with Crippen LogP contribution in [0.4, 0.5) is 5.69 Å². The van der Waals surface area contributed by atoms with Crippen LogP contribution in [0.5, 0.6) is 0 Å². The van der Waals surface area contributed by atoms with Crippen molar-refractivity contribution in [3.05, 3.63) is 64.2 Å². The van der Waals surface area contributed by atoms with Crippen LogP contribution in [0, 0.1) is 13.8 Å². The molecule has 5 heteroatoms. The Balaban J connectivity index is 1.49. The van der Waals surface area contributed by atoms with E-state index in [2.05, 4.69) is 42.3 Å². The summed E-state index contributed by atoms with van der Waals surface area (Å²) in [6.45, 7) is 10.8. The zero-order chi connectivity index (χ0) is 19.4. The van der Waals surface area contributed by atoms with Gasteiger partial charge in [-0.1, -0.05) is 35.9 Å². The van der Waals surface area contributed by atoms with E-state index in [0.717, 1.165) is 31.7 Å². The molecule has 1 atom stereocenters. The van der Waals surface area contributed by atoms with Crippen molar-refractivity contribution < 1.29 is 9.69 Å². The minimum atomic E-state index is -0.00889. The zero-order valence-corrected chi connectivity index (χ0v) is 17.1. The first-order valence-electron chi connectivity index (χ1n) is 9.63. The Bertz CT molecular complexity index is 783. The summed E-state index contributed by atoms with van der Waals surface area (Å²) < 4.78 is 0. The number of benzene rings is 2. The van der Waals surface area contributed by atoms with Gasteiger partial charge >= 0.3 is 0 Å².